The number of hydrogen-bond acceptors (Lipinski definition) is 3. The number of halogens is 1. The highest BCUT2D eigenvalue weighted by Crippen LogP contribution is 2.06. The number of nitrogens with two attached hydrogens (primary N) is 1. The molecule has 3 nitrogen and oxygen atoms in total. The van der Waals surface area contributed by atoms with Crippen molar-refractivity contribution in [3.63, 3.8) is 0 Å². The minimum Gasteiger partial charge on any atom is -0.397 e. The van der Waals surface area contributed by atoms with Crippen LogP contribution in [0.2, 0.25) is 0 Å². The summed E-state index contributed by atoms with van der Waals surface area (Å²) >= 11 is 5.55. The summed E-state index contributed by atoms with van der Waals surface area (Å²) in [7, 11) is 0. The van der Waals surface area contributed by atoms with Gasteiger partial charge in [-0.2, -0.15) is 0 Å². The van der Waals surface area contributed by atoms with Gasteiger partial charge in [-0.1, -0.05) is 18.2 Å². The molecule has 3 N–H and O–H groups in total. The van der Waals surface area contributed by atoms with Gasteiger partial charge < -0.3 is 11.1 Å². The molecule has 0 bridgehead atoms. The molecule has 1 heterocycles. The molecule has 64 valence electrons. The summed E-state index contributed by atoms with van der Waals surface area (Å²) < 4.78 is 0. The van der Waals surface area contributed by atoms with Crippen molar-refractivity contribution < 1.29 is 0 Å². The molecule has 0 aliphatic carbocycles. The molecule has 1 aromatic rings. The maximum Gasteiger partial charge on any atom is 0.126 e. The number of pyridine rings is 1. The van der Waals surface area contributed by atoms with Crippen molar-refractivity contribution in [3.8, 4) is 0 Å². The molecule has 12 heavy (non-hydrogen) atoms. The van der Waals surface area contributed by atoms with Gasteiger partial charge in [0.05, 0.1) is 18.4 Å². The summed E-state index contributed by atoms with van der Waals surface area (Å²) in [5, 5.41) is 3.52. The van der Waals surface area contributed by atoms with Crippen LogP contribution in [0.5, 0.6) is 0 Å². The highest BCUT2D eigenvalue weighted by molar-refractivity contribution is 6.29. The number of rotatable bonds is 3. The third-order valence-corrected chi connectivity index (χ3v) is 1.38. The van der Waals surface area contributed by atoms with Gasteiger partial charge in [0.15, 0.2) is 0 Å². The number of anilines is 2. The second kappa shape index (κ2) is 3.97. The molecule has 0 unspecified atom stereocenters. The Hall–Kier alpha value is -1.22. The molecular weight excluding hydrogens is 174 g/mol. The van der Waals surface area contributed by atoms with Crippen LogP contribution in [-0.2, 0) is 0 Å². The van der Waals surface area contributed by atoms with E-state index in [-0.39, 0.29) is 0 Å². The quantitative estimate of drug-likeness (QED) is 0.752. The second-order valence-electron chi connectivity index (χ2n) is 2.35. The van der Waals surface area contributed by atoms with E-state index in [4.69, 9.17) is 17.3 Å². The summed E-state index contributed by atoms with van der Waals surface area (Å²) in [5.41, 5.74) is 6.09. The molecule has 0 aliphatic rings. The molecule has 0 radical (unpaired) electrons. The molecule has 1 rings (SSSR count). The second-order valence-corrected chi connectivity index (χ2v) is 2.88. The van der Waals surface area contributed by atoms with Gasteiger partial charge in [0, 0.05) is 5.03 Å². The van der Waals surface area contributed by atoms with Crippen LogP contribution in [0.4, 0.5) is 11.5 Å². The van der Waals surface area contributed by atoms with Gasteiger partial charge in [-0.25, -0.2) is 4.98 Å². The zero-order valence-corrected chi connectivity index (χ0v) is 7.30. The first-order chi connectivity index (χ1) is 5.68. The molecule has 0 aliphatic heterocycles. The van der Waals surface area contributed by atoms with E-state index in [0.717, 1.165) is 5.82 Å². The smallest absolute Gasteiger partial charge is 0.126 e. The largest absolute Gasteiger partial charge is 0.397 e. The van der Waals surface area contributed by atoms with Gasteiger partial charge >= 0.3 is 0 Å². The van der Waals surface area contributed by atoms with E-state index in [0.29, 0.717) is 17.3 Å². The Morgan fingerprint density at radius 3 is 2.92 bits per heavy atom. The number of nitrogen functional groups attached to an aromatic ring is 1. The van der Waals surface area contributed by atoms with Gasteiger partial charge in [-0.3, -0.25) is 0 Å². The fourth-order valence-electron chi connectivity index (χ4n) is 0.696. The van der Waals surface area contributed by atoms with Crippen LogP contribution in [-0.4, -0.2) is 11.5 Å². The van der Waals surface area contributed by atoms with Crippen LogP contribution >= 0.6 is 11.6 Å². The van der Waals surface area contributed by atoms with E-state index in [1.54, 1.807) is 18.3 Å². The molecule has 0 atom stereocenters. The van der Waals surface area contributed by atoms with E-state index in [9.17, 15) is 0 Å². The van der Waals surface area contributed by atoms with Crippen LogP contribution in [0.1, 0.15) is 0 Å². The lowest BCUT2D eigenvalue weighted by Crippen LogP contribution is -2.02. The van der Waals surface area contributed by atoms with Crippen LogP contribution in [0, 0.1) is 0 Å². The first kappa shape index (κ1) is 8.87. The predicted octanol–water partition coefficient (Wildman–Crippen LogP) is 1.83. The lowest BCUT2D eigenvalue weighted by molar-refractivity contribution is 1.22. The average Bonchev–Trinajstić information content (AvgIpc) is 2.03. The van der Waals surface area contributed by atoms with Crippen molar-refractivity contribution in [2.24, 2.45) is 0 Å². The first-order valence-corrected chi connectivity index (χ1v) is 3.85. The fourth-order valence-corrected chi connectivity index (χ4v) is 0.763. The number of nitrogens with one attached hydrogen (secondary N) is 1. The number of nitrogens with zero attached hydrogens (tertiary/aromatic N) is 1. The molecule has 0 saturated carbocycles. The summed E-state index contributed by atoms with van der Waals surface area (Å²) in [5.74, 6) is 0.742. The van der Waals surface area contributed by atoms with E-state index >= 15 is 0 Å². The minimum atomic E-state index is 0.512. The van der Waals surface area contributed by atoms with E-state index in [2.05, 4.69) is 16.9 Å². The minimum absolute atomic E-state index is 0.512. The molecular formula is C8H10ClN3. The average molecular weight is 184 g/mol. The topological polar surface area (TPSA) is 50.9 Å². The van der Waals surface area contributed by atoms with Crippen LogP contribution in [0.3, 0.4) is 0 Å². The normalized spacial score (nSPS) is 9.42. The zero-order valence-electron chi connectivity index (χ0n) is 6.55. The molecule has 1 aromatic heterocycles. The van der Waals surface area contributed by atoms with Crippen molar-refractivity contribution in [2.75, 3.05) is 17.6 Å². The number of hydrogen-bond donors (Lipinski definition) is 2. The molecule has 0 saturated heterocycles. The van der Waals surface area contributed by atoms with E-state index < -0.39 is 0 Å². The summed E-state index contributed by atoms with van der Waals surface area (Å²) in [4.78, 5) is 4.01. The van der Waals surface area contributed by atoms with Crippen molar-refractivity contribution in [3.05, 3.63) is 29.9 Å². The molecule has 0 spiro atoms. The van der Waals surface area contributed by atoms with Gasteiger partial charge in [0.2, 0.25) is 0 Å². The Kier molecular flexibility index (Phi) is 2.94. The first-order valence-electron chi connectivity index (χ1n) is 3.47. The van der Waals surface area contributed by atoms with Crippen molar-refractivity contribution in [2.45, 2.75) is 0 Å². The Bertz CT molecular complexity index is 268. The lowest BCUT2D eigenvalue weighted by Gasteiger charge is -2.02. The van der Waals surface area contributed by atoms with Crippen LogP contribution < -0.4 is 11.1 Å². The predicted molar refractivity (Wildman–Crippen MR) is 52.1 cm³/mol. The fraction of sp³-hybridized carbons (Fsp3) is 0.125. The number of aromatic nitrogens is 1. The van der Waals surface area contributed by atoms with Gasteiger partial charge in [-0.15, -0.1) is 0 Å². The highest BCUT2D eigenvalue weighted by Gasteiger charge is 1.92. The Balaban J connectivity index is 2.53. The SMILES string of the molecule is C=C(Cl)CNc1ccc(N)cn1. The molecule has 4 heteroatoms. The Morgan fingerprint density at radius 2 is 2.42 bits per heavy atom. The zero-order chi connectivity index (χ0) is 8.97. The van der Waals surface area contributed by atoms with Crippen molar-refractivity contribution in [1.82, 2.24) is 4.98 Å². The van der Waals surface area contributed by atoms with Gasteiger partial charge in [0.1, 0.15) is 5.82 Å². The maximum absolute atomic E-state index is 5.55. The lowest BCUT2D eigenvalue weighted by atomic mass is 10.4. The third kappa shape index (κ3) is 2.80. The Morgan fingerprint density at radius 1 is 1.67 bits per heavy atom. The summed E-state index contributed by atoms with van der Waals surface area (Å²) in [6.07, 6.45) is 1.58. The van der Waals surface area contributed by atoms with E-state index in [1.807, 2.05) is 0 Å². The van der Waals surface area contributed by atoms with Gasteiger partial charge in [-0.05, 0) is 12.1 Å². The Labute approximate surface area is 76.2 Å². The highest BCUT2D eigenvalue weighted by atomic mass is 35.5. The molecule has 0 aromatic carbocycles. The monoisotopic (exact) mass is 183 g/mol. The molecule has 0 amide bonds. The van der Waals surface area contributed by atoms with Crippen molar-refractivity contribution in [1.29, 1.82) is 0 Å². The van der Waals surface area contributed by atoms with Crippen molar-refractivity contribution >= 4 is 23.1 Å². The third-order valence-electron chi connectivity index (χ3n) is 1.25. The van der Waals surface area contributed by atoms with Crippen LogP contribution in [0.25, 0.3) is 0 Å². The van der Waals surface area contributed by atoms with Crippen LogP contribution in [0.15, 0.2) is 29.9 Å². The standard InChI is InChI=1S/C8H10ClN3/c1-6(9)4-11-8-3-2-7(10)5-12-8/h2-3,5H,1,4,10H2,(H,11,12). The molecule has 0 fully saturated rings. The van der Waals surface area contributed by atoms with E-state index in [1.165, 1.54) is 0 Å². The van der Waals surface area contributed by atoms with Gasteiger partial charge in [0.25, 0.3) is 0 Å². The summed E-state index contributed by atoms with van der Waals surface area (Å²) in [6.45, 7) is 4.05. The summed E-state index contributed by atoms with van der Waals surface area (Å²) in [6, 6.07) is 3.56. The maximum atomic E-state index is 5.55.